The van der Waals surface area contributed by atoms with Crippen molar-refractivity contribution in [1.29, 1.82) is 0 Å². The molecule has 0 aliphatic carbocycles. The maximum absolute atomic E-state index is 13.2. The number of carbonyl (C=O) groups is 1. The SMILES string of the molecule is COC(=O)c1cccc(Cn2cc([C@@H]3OCCN3c3ccc(F)cc3)nn2)c1. The van der Waals surface area contributed by atoms with E-state index in [0.717, 1.165) is 11.3 Å². The van der Waals surface area contributed by atoms with Crippen molar-refractivity contribution in [3.05, 3.63) is 77.4 Å². The van der Waals surface area contributed by atoms with Gasteiger partial charge in [-0.3, -0.25) is 0 Å². The highest BCUT2D eigenvalue weighted by Gasteiger charge is 2.29. The second-order valence-corrected chi connectivity index (χ2v) is 6.43. The van der Waals surface area contributed by atoms with Crippen LogP contribution in [0.1, 0.15) is 27.8 Å². The molecule has 0 saturated carbocycles. The van der Waals surface area contributed by atoms with Gasteiger partial charge in [0.15, 0.2) is 6.23 Å². The van der Waals surface area contributed by atoms with Gasteiger partial charge in [0.1, 0.15) is 11.5 Å². The minimum absolute atomic E-state index is 0.277. The van der Waals surface area contributed by atoms with Crippen LogP contribution >= 0.6 is 0 Å². The minimum Gasteiger partial charge on any atom is -0.465 e. The highest BCUT2D eigenvalue weighted by atomic mass is 19.1. The van der Waals surface area contributed by atoms with Crippen LogP contribution in [-0.4, -0.2) is 41.2 Å². The number of methoxy groups -OCH3 is 1. The van der Waals surface area contributed by atoms with Crippen molar-refractivity contribution in [1.82, 2.24) is 15.0 Å². The lowest BCUT2D eigenvalue weighted by Gasteiger charge is -2.23. The first-order valence-electron chi connectivity index (χ1n) is 8.85. The van der Waals surface area contributed by atoms with Crippen molar-refractivity contribution in [3.63, 3.8) is 0 Å². The van der Waals surface area contributed by atoms with Gasteiger partial charge in [-0.15, -0.1) is 5.10 Å². The Morgan fingerprint density at radius 2 is 2.11 bits per heavy atom. The van der Waals surface area contributed by atoms with E-state index in [4.69, 9.17) is 9.47 Å². The Morgan fingerprint density at radius 3 is 2.89 bits per heavy atom. The monoisotopic (exact) mass is 382 g/mol. The molecule has 0 radical (unpaired) electrons. The van der Waals surface area contributed by atoms with E-state index in [1.165, 1.54) is 19.2 Å². The number of benzene rings is 2. The zero-order valence-corrected chi connectivity index (χ0v) is 15.3. The average Bonchev–Trinajstić information content (AvgIpc) is 3.37. The van der Waals surface area contributed by atoms with Crippen molar-refractivity contribution >= 4 is 11.7 Å². The molecule has 1 aliphatic heterocycles. The molecule has 4 rings (SSSR count). The number of hydrogen-bond acceptors (Lipinski definition) is 6. The Kier molecular flexibility index (Phi) is 5.03. The molecular formula is C20H19FN4O3. The number of aromatic nitrogens is 3. The van der Waals surface area contributed by atoms with Crippen LogP contribution in [0.4, 0.5) is 10.1 Å². The van der Waals surface area contributed by atoms with Gasteiger partial charge < -0.3 is 14.4 Å². The summed E-state index contributed by atoms with van der Waals surface area (Å²) in [5.74, 6) is -0.657. The van der Waals surface area contributed by atoms with Gasteiger partial charge in [-0.2, -0.15) is 0 Å². The summed E-state index contributed by atoms with van der Waals surface area (Å²) in [5.41, 5.74) is 2.93. The highest BCUT2D eigenvalue weighted by molar-refractivity contribution is 5.89. The van der Waals surface area contributed by atoms with Gasteiger partial charge in [0.05, 0.1) is 32.0 Å². The van der Waals surface area contributed by atoms with E-state index < -0.39 is 0 Å². The molecule has 2 heterocycles. The second kappa shape index (κ2) is 7.77. The summed E-state index contributed by atoms with van der Waals surface area (Å²) in [7, 11) is 1.35. The number of nitrogens with zero attached hydrogens (tertiary/aromatic N) is 4. The van der Waals surface area contributed by atoms with Gasteiger partial charge in [-0.1, -0.05) is 17.3 Å². The van der Waals surface area contributed by atoms with E-state index in [1.54, 1.807) is 35.0 Å². The quantitative estimate of drug-likeness (QED) is 0.632. The molecule has 1 atom stereocenters. The zero-order valence-electron chi connectivity index (χ0n) is 15.3. The van der Waals surface area contributed by atoms with E-state index >= 15 is 0 Å². The molecule has 0 N–H and O–H groups in total. The standard InChI is InChI=1S/C20H19FN4O3/c1-27-20(26)15-4-2-3-14(11-15)12-24-13-18(22-23-24)19-25(9-10-28-19)17-7-5-16(21)6-8-17/h2-8,11,13,19H,9-10,12H2,1H3/t19-/m0/s1. The third-order valence-electron chi connectivity index (χ3n) is 4.55. The molecule has 1 aliphatic rings. The molecule has 0 bridgehead atoms. The fourth-order valence-electron chi connectivity index (χ4n) is 3.22. The van der Waals surface area contributed by atoms with Crippen LogP contribution in [-0.2, 0) is 16.0 Å². The molecule has 1 saturated heterocycles. The number of hydrogen-bond donors (Lipinski definition) is 0. The second-order valence-electron chi connectivity index (χ2n) is 6.43. The van der Waals surface area contributed by atoms with Crippen molar-refractivity contribution in [2.24, 2.45) is 0 Å². The average molecular weight is 382 g/mol. The van der Waals surface area contributed by atoms with Crippen LogP contribution in [0.2, 0.25) is 0 Å². The van der Waals surface area contributed by atoms with Crippen molar-refractivity contribution in [2.75, 3.05) is 25.2 Å². The first kappa shape index (κ1) is 18.1. The Labute approximate surface area is 161 Å². The summed E-state index contributed by atoms with van der Waals surface area (Å²) in [6, 6.07) is 13.5. The third-order valence-corrected chi connectivity index (χ3v) is 4.55. The summed E-state index contributed by atoms with van der Waals surface area (Å²) in [6.07, 6.45) is 1.44. The molecular weight excluding hydrogens is 363 g/mol. The van der Waals surface area contributed by atoms with E-state index in [9.17, 15) is 9.18 Å². The molecule has 2 aromatic carbocycles. The topological polar surface area (TPSA) is 69.5 Å². The van der Waals surface area contributed by atoms with E-state index in [-0.39, 0.29) is 18.0 Å². The molecule has 28 heavy (non-hydrogen) atoms. The number of carbonyl (C=O) groups excluding carboxylic acids is 1. The molecule has 0 spiro atoms. The molecule has 144 valence electrons. The molecule has 1 fully saturated rings. The van der Waals surface area contributed by atoms with Gasteiger partial charge in [0, 0.05) is 12.2 Å². The lowest BCUT2D eigenvalue weighted by molar-refractivity contribution is 0.0600. The molecule has 1 aromatic heterocycles. The number of anilines is 1. The Hall–Kier alpha value is -3.26. The van der Waals surface area contributed by atoms with Crippen LogP contribution in [0.25, 0.3) is 0 Å². The summed E-state index contributed by atoms with van der Waals surface area (Å²) in [6.45, 7) is 1.70. The zero-order chi connectivity index (χ0) is 19.5. The number of halogens is 1. The van der Waals surface area contributed by atoms with Crippen LogP contribution in [0.15, 0.2) is 54.7 Å². The first-order valence-corrected chi connectivity index (χ1v) is 8.85. The van der Waals surface area contributed by atoms with E-state index in [1.807, 2.05) is 17.2 Å². The van der Waals surface area contributed by atoms with Crippen molar-refractivity contribution in [3.8, 4) is 0 Å². The number of esters is 1. The summed E-state index contributed by atoms with van der Waals surface area (Å²) in [5, 5.41) is 8.42. The van der Waals surface area contributed by atoms with Gasteiger partial charge in [-0.05, 0) is 42.0 Å². The largest absolute Gasteiger partial charge is 0.465 e. The lowest BCUT2D eigenvalue weighted by Crippen LogP contribution is -2.23. The number of ether oxygens (including phenoxy) is 2. The van der Waals surface area contributed by atoms with Crippen LogP contribution < -0.4 is 4.90 Å². The van der Waals surface area contributed by atoms with Gasteiger partial charge in [0.25, 0.3) is 0 Å². The molecule has 8 heteroatoms. The third kappa shape index (κ3) is 3.72. The Bertz CT molecular complexity index is 974. The van der Waals surface area contributed by atoms with Crippen molar-refractivity contribution < 1.29 is 18.7 Å². The molecule has 0 amide bonds. The van der Waals surface area contributed by atoms with Crippen LogP contribution in [0, 0.1) is 5.82 Å². The van der Waals surface area contributed by atoms with Gasteiger partial charge in [-0.25, -0.2) is 13.9 Å². The molecule has 0 unspecified atom stereocenters. The highest BCUT2D eigenvalue weighted by Crippen LogP contribution is 2.31. The maximum Gasteiger partial charge on any atom is 0.337 e. The van der Waals surface area contributed by atoms with Crippen LogP contribution in [0.5, 0.6) is 0 Å². The van der Waals surface area contributed by atoms with Gasteiger partial charge >= 0.3 is 5.97 Å². The summed E-state index contributed by atoms with van der Waals surface area (Å²) in [4.78, 5) is 13.7. The van der Waals surface area contributed by atoms with E-state index in [0.29, 0.717) is 31.0 Å². The number of rotatable bonds is 5. The van der Waals surface area contributed by atoms with E-state index in [2.05, 4.69) is 10.3 Å². The first-order chi connectivity index (χ1) is 13.6. The maximum atomic E-state index is 13.2. The minimum atomic E-state index is -0.379. The van der Waals surface area contributed by atoms with Crippen molar-refractivity contribution in [2.45, 2.75) is 12.8 Å². The smallest absolute Gasteiger partial charge is 0.337 e. The fourth-order valence-corrected chi connectivity index (χ4v) is 3.22. The summed E-state index contributed by atoms with van der Waals surface area (Å²) < 4.78 is 25.5. The van der Waals surface area contributed by atoms with Gasteiger partial charge in [0.2, 0.25) is 0 Å². The Balaban J connectivity index is 1.51. The van der Waals surface area contributed by atoms with Crippen LogP contribution in [0.3, 0.4) is 0 Å². The normalized spacial score (nSPS) is 16.4. The molecule has 3 aromatic rings. The summed E-state index contributed by atoms with van der Waals surface area (Å²) >= 11 is 0. The predicted octanol–water partition coefficient (Wildman–Crippen LogP) is 2.79. The predicted molar refractivity (Wildman–Crippen MR) is 99.3 cm³/mol. The fraction of sp³-hybridized carbons (Fsp3) is 0.250. The Morgan fingerprint density at radius 1 is 1.29 bits per heavy atom. The molecule has 7 nitrogen and oxygen atoms in total. The lowest BCUT2D eigenvalue weighted by atomic mass is 10.1.